The molecule has 1 aliphatic rings. The van der Waals surface area contributed by atoms with E-state index < -0.39 is 0 Å². The van der Waals surface area contributed by atoms with E-state index in [9.17, 15) is 9.18 Å². The number of carbonyl (C=O) groups excluding carboxylic acids is 1. The molecular formula is C20H32FN5O. The van der Waals surface area contributed by atoms with Gasteiger partial charge in [0.1, 0.15) is 12.4 Å². The average molecular weight is 378 g/mol. The SMILES string of the molecule is CCNC(=NCC(=O)Nc1ccc(F)cc1)NCCCN1CCCCCC1. The first kappa shape index (κ1) is 21.2. The first-order valence-electron chi connectivity index (χ1n) is 9.97. The summed E-state index contributed by atoms with van der Waals surface area (Å²) in [6.07, 6.45) is 6.37. The summed E-state index contributed by atoms with van der Waals surface area (Å²) in [6, 6.07) is 5.69. The number of guanidine groups is 1. The lowest BCUT2D eigenvalue weighted by atomic mass is 10.2. The zero-order chi connectivity index (χ0) is 19.3. The molecule has 1 heterocycles. The predicted octanol–water partition coefficient (Wildman–Crippen LogP) is 2.59. The Morgan fingerprint density at radius 1 is 1.11 bits per heavy atom. The Kier molecular flexibility index (Phi) is 9.62. The third-order valence-corrected chi connectivity index (χ3v) is 4.50. The number of hydrogen-bond acceptors (Lipinski definition) is 3. The molecule has 1 aliphatic heterocycles. The molecule has 7 heteroatoms. The number of nitrogens with one attached hydrogen (secondary N) is 3. The van der Waals surface area contributed by atoms with Crippen molar-refractivity contribution in [3.8, 4) is 0 Å². The van der Waals surface area contributed by atoms with E-state index >= 15 is 0 Å². The van der Waals surface area contributed by atoms with Gasteiger partial charge in [0.25, 0.3) is 0 Å². The first-order chi connectivity index (χ1) is 13.2. The van der Waals surface area contributed by atoms with E-state index in [0.717, 1.165) is 26.1 Å². The van der Waals surface area contributed by atoms with Crippen molar-refractivity contribution in [3.63, 3.8) is 0 Å². The number of amides is 1. The summed E-state index contributed by atoms with van der Waals surface area (Å²) in [6.45, 7) is 7.07. The minimum absolute atomic E-state index is 0.0127. The highest BCUT2D eigenvalue weighted by Crippen LogP contribution is 2.09. The van der Waals surface area contributed by atoms with Gasteiger partial charge in [0, 0.05) is 18.8 Å². The van der Waals surface area contributed by atoms with Crippen molar-refractivity contribution in [3.05, 3.63) is 30.1 Å². The molecule has 3 N–H and O–H groups in total. The fourth-order valence-electron chi connectivity index (χ4n) is 3.10. The van der Waals surface area contributed by atoms with Crippen molar-refractivity contribution in [2.45, 2.75) is 39.0 Å². The molecule has 0 saturated carbocycles. The molecule has 0 unspecified atom stereocenters. The van der Waals surface area contributed by atoms with Gasteiger partial charge in [-0.3, -0.25) is 4.79 Å². The number of rotatable bonds is 8. The summed E-state index contributed by atoms with van der Waals surface area (Å²) in [5.74, 6) is 0.0795. The van der Waals surface area contributed by atoms with Gasteiger partial charge in [-0.25, -0.2) is 9.38 Å². The number of anilines is 1. The molecule has 0 bridgehead atoms. The molecule has 0 aliphatic carbocycles. The van der Waals surface area contributed by atoms with Crippen molar-refractivity contribution in [1.29, 1.82) is 0 Å². The lowest BCUT2D eigenvalue weighted by molar-refractivity contribution is -0.114. The van der Waals surface area contributed by atoms with Gasteiger partial charge in [-0.2, -0.15) is 0 Å². The van der Waals surface area contributed by atoms with Crippen LogP contribution in [0.25, 0.3) is 0 Å². The number of carbonyl (C=O) groups is 1. The van der Waals surface area contributed by atoms with Gasteiger partial charge in [0.05, 0.1) is 0 Å². The fraction of sp³-hybridized carbons (Fsp3) is 0.600. The molecule has 1 aromatic rings. The number of halogens is 1. The van der Waals surface area contributed by atoms with Crippen molar-refractivity contribution >= 4 is 17.6 Å². The van der Waals surface area contributed by atoms with Crippen LogP contribution in [0.5, 0.6) is 0 Å². The second-order valence-electron chi connectivity index (χ2n) is 6.79. The Hall–Kier alpha value is -2.15. The Balaban J connectivity index is 1.70. The van der Waals surface area contributed by atoms with Gasteiger partial charge >= 0.3 is 0 Å². The van der Waals surface area contributed by atoms with Crippen LogP contribution in [0.2, 0.25) is 0 Å². The molecule has 1 amide bonds. The molecule has 0 radical (unpaired) electrons. The Bertz CT molecular complexity index is 583. The summed E-state index contributed by atoms with van der Waals surface area (Å²) in [5.41, 5.74) is 0.562. The van der Waals surface area contributed by atoms with Gasteiger partial charge in [0.15, 0.2) is 5.96 Å². The Morgan fingerprint density at radius 3 is 2.48 bits per heavy atom. The monoisotopic (exact) mass is 377 g/mol. The quantitative estimate of drug-likeness (QED) is 0.370. The van der Waals surface area contributed by atoms with Crippen LogP contribution in [-0.2, 0) is 4.79 Å². The minimum Gasteiger partial charge on any atom is -0.357 e. The van der Waals surface area contributed by atoms with E-state index in [0.29, 0.717) is 11.6 Å². The van der Waals surface area contributed by atoms with Crippen molar-refractivity contribution in [2.24, 2.45) is 4.99 Å². The summed E-state index contributed by atoms with van der Waals surface area (Å²) in [7, 11) is 0. The summed E-state index contributed by atoms with van der Waals surface area (Å²) >= 11 is 0. The zero-order valence-electron chi connectivity index (χ0n) is 16.3. The molecule has 1 fully saturated rings. The second kappa shape index (κ2) is 12.3. The lowest BCUT2D eigenvalue weighted by Gasteiger charge is -2.20. The topological polar surface area (TPSA) is 68.8 Å². The second-order valence-corrected chi connectivity index (χ2v) is 6.79. The van der Waals surface area contributed by atoms with Crippen molar-refractivity contribution in [2.75, 3.05) is 44.6 Å². The highest BCUT2D eigenvalue weighted by Gasteiger charge is 2.08. The van der Waals surface area contributed by atoms with Crippen LogP contribution in [0, 0.1) is 5.82 Å². The van der Waals surface area contributed by atoms with Crippen LogP contribution in [0.4, 0.5) is 10.1 Å². The van der Waals surface area contributed by atoms with Crippen LogP contribution in [0.1, 0.15) is 39.0 Å². The van der Waals surface area contributed by atoms with Crippen LogP contribution < -0.4 is 16.0 Å². The number of benzene rings is 1. The maximum Gasteiger partial charge on any atom is 0.246 e. The number of nitrogens with zero attached hydrogens (tertiary/aromatic N) is 2. The summed E-state index contributed by atoms with van der Waals surface area (Å²) < 4.78 is 12.9. The van der Waals surface area contributed by atoms with E-state index in [4.69, 9.17) is 0 Å². The number of likely N-dealkylation sites (tertiary alicyclic amines) is 1. The lowest BCUT2D eigenvalue weighted by Crippen LogP contribution is -2.39. The zero-order valence-corrected chi connectivity index (χ0v) is 16.3. The fourth-order valence-corrected chi connectivity index (χ4v) is 3.10. The number of aliphatic imine (C=N–C) groups is 1. The van der Waals surface area contributed by atoms with Crippen molar-refractivity contribution < 1.29 is 9.18 Å². The molecule has 150 valence electrons. The summed E-state index contributed by atoms with van der Waals surface area (Å²) in [4.78, 5) is 18.9. The smallest absolute Gasteiger partial charge is 0.246 e. The standard InChI is InChI=1S/C20H32FN5O/c1-2-22-20(23-12-7-15-26-13-5-3-4-6-14-26)24-16-19(27)25-18-10-8-17(21)9-11-18/h8-11H,2-7,12-16H2,1H3,(H,25,27)(H2,22,23,24). The molecule has 1 aromatic carbocycles. The Labute approximate surface area is 161 Å². The third kappa shape index (κ3) is 8.86. The average Bonchev–Trinajstić information content (AvgIpc) is 2.94. The molecule has 0 spiro atoms. The van der Waals surface area contributed by atoms with Gasteiger partial charge in [-0.15, -0.1) is 0 Å². The van der Waals surface area contributed by atoms with E-state index in [1.54, 1.807) is 0 Å². The predicted molar refractivity (Wildman–Crippen MR) is 109 cm³/mol. The van der Waals surface area contributed by atoms with E-state index in [1.807, 2.05) is 6.92 Å². The van der Waals surface area contributed by atoms with Crippen molar-refractivity contribution in [1.82, 2.24) is 15.5 Å². The summed E-state index contributed by atoms with van der Waals surface area (Å²) in [5, 5.41) is 9.15. The molecule has 1 saturated heterocycles. The normalized spacial score (nSPS) is 15.9. The number of hydrogen-bond donors (Lipinski definition) is 3. The van der Waals surface area contributed by atoms with Gasteiger partial charge in [-0.05, 0) is 70.1 Å². The molecule has 0 atom stereocenters. The van der Waals surface area contributed by atoms with Crippen LogP contribution in [0.15, 0.2) is 29.3 Å². The maximum atomic E-state index is 12.9. The highest BCUT2D eigenvalue weighted by atomic mass is 19.1. The molecule has 27 heavy (non-hydrogen) atoms. The molecule has 6 nitrogen and oxygen atoms in total. The third-order valence-electron chi connectivity index (χ3n) is 4.50. The van der Waals surface area contributed by atoms with Gasteiger partial charge in [0.2, 0.25) is 5.91 Å². The van der Waals surface area contributed by atoms with E-state index in [1.165, 1.54) is 63.0 Å². The first-order valence-corrected chi connectivity index (χ1v) is 9.97. The molecular weight excluding hydrogens is 345 g/mol. The maximum absolute atomic E-state index is 12.9. The molecule has 2 rings (SSSR count). The van der Waals surface area contributed by atoms with Gasteiger partial charge < -0.3 is 20.9 Å². The largest absolute Gasteiger partial charge is 0.357 e. The Morgan fingerprint density at radius 2 is 1.81 bits per heavy atom. The van der Waals surface area contributed by atoms with Crippen LogP contribution in [-0.4, -0.2) is 56.0 Å². The van der Waals surface area contributed by atoms with E-state index in [-0.39, 0.29) is 18.3 Å². The van der Waals surface area contributed by atoms with E-state index in [2.05, 4.69) is 25.8 Å². The molecule has 0 aromatic heterocycles. The van der Waals surface area contributed by atoms with Crippen LogP contribution >= 0.6 is 0 Å². The van der Waals surface area contributed by atoms with Crippen LogP contribution in [0.3, 0.4) is 0 Å². The minimum atomic E-state index is -0.329. The highest BCUT2D eigenvalue weighted by molar-refractivity contribution is 5.94. The van der Waals surface area contributed by atoms with Gasteiger partial charge in [-0.1, -0.05) is 12.8 Å².